The molecule has 16 heavy (non-hydrogen) atoms. The highest BCUT2D eigenvalue weighted by Gasteiger charge is 1.98. The molecule has 0 fully saturated rings. The van der Waals surface area contributed by atoms with E-state index in [1.54, 1.807) is 24.3 Å². The summed E-state index contributed by atoms with van der Waals surface area (Å²) in [6.07, 6.45) is 3.65. The Labute approximate surface area is 104 Å². The molecule has 0 unspecified atom stereocenters. The van der Waals surface area contributed by atoms with Gasteiger partial charge in [-0.2, -0.15) is 4.99 Å². The largest absolute Gasteiger partial charge is 0.369 e. The molecule has 0 spiro atoms. The van der Waals surface area contributed by atoms with Gasteiger partial charge in [0, 0.05) is 6.42 Å². The third kappa shape index (κ3) is 3.95. The number of primary amides is 1. The van der Waals surface area contributed by atoms with Crippen molar-refractivity contribution in [3.8, 4) is 0 Å². The third-order valence-electron chi connectivity index (χ3n) is 1.77. The van der Waals surface area contributed by atoms with Crippen molar-refractivity contribution in [2.24, 2.45) is 10.7 Å². The van der Waals surface area contributed by atoms with Gasteiger partial charge in [-0.05, 0) is 29.9 Å². The van der Waals surface area contributed by atoms with Gasteiger partial charge in [-0.15, -0.1) is 0 Å². The fourth-order valence-electron chi connectivity index (χ4n) is 1.08. The molecule has 0 radical (unpaired) electrons. The van der Waals surface area contributed by atoms with Crippen LogP contribution >= 0.6 is 23.8 Å². The topological polar surface area (TPSA) is 55.5 Å². The number of benzene rings is 1. The van der Waals surface area contributed by atoms with E-state index in [2.05, 4.69) is 22.4 Å². The number of aliphatic imine (C=N–C) groups is 1. The molecule has 0 aromatic heterocycles. The summed E-state index contributed by atoms with van der Waals surface area (Å²) in [7, 11) is 0. The van der Waals surface area contributed by atoms with Crippen LogP contribution in [0.2, 0.25) is 5.02 Å². The lowest BCUT2D eigenvalue weighted by Gasteiger charge is -1.98. The Morgan fingerprint density at radius 3 is 2.94 bits per heavy atom. The fraction of sp³-hybridized carbons (Fsp3) is 0.0909. The molecule has 82 valence electrons. The molecule has 0 saturated heterocycles. The maximum Gasteiger partial charge on any atom is 0.221 e. The number of hydrogen-bond donors (Lipinski definition) is 1. The highest BCUT2D eigenvalue weighted by Crippen LogP contribution is 2.25. The molecule has 2 N–H and O–H groups in total. The zero-order chi connectivity index (χ0) is 12.0. The van der Waals surface area contributed by atoms with E-state index in [1.807, 2.05) is 6.07 Å². The number of hydrogen-bond acceptors (Lipinski definition) is 3. The van der Waals surface area contributed by atoms with Gasteiger partial charge >= 0.3 is 0 Å². The molecular formula is C11H9ClN2OS. The first-order valence-electron chi connectivity index (χ1n) is 4.45. The molecule has 1 aromatic rings. The zero-order valence-electron chi connectivity index (χ0n) is 8.31. The summed E-state index contributed by atoms with van der Waals surface area (Å²) in [5, 5.41) is 2.73. The molecule has 0 bridgehead atoms. The summed E-state index contributed by atoms with van der Waals surface area (Å²) in [6, 6.07) is 5.27. The molecule has 0 aliphatic carbocycles. The minimum Gasteiger partial charge on any atom is -0.369 e. The molecule has 3 nitrogen and oxygen atoms in total. The number of isothiocyanates is 1. The number of amides is 1. The van der Waals surface area contributed by atoms with E-state index in [-0.39, 0.29) is 12.3 Å². The smallest absolute Gasteiger partial charge is 0.221 e. The quantitative estimate of drug-likeness (QED) is 0.662. The predicted molar refractivity (Wildman–Crippen MR) is 69.0 cm³/mol. The van der Waals surface area contributed by atoms with Gasteiger partial charge in [-0.3, -0.25) is 4.79 Å². The number of nitrogens with zero attached hydrogens (tertiary/aromatic N) is 1. The van der Waals surface area contributed by atoms with Crippen LogP contribution in [-0.4, -0.2) is 11.1 Å². The molecule has 0 aliphatic heterocycles. The van der Waals surface area contributed by atoms with E-state index >= 15 is 0 Å². The lowest BCUT2D eigenvalue weighted by atomic mass is 10.2. The van der Waals surface area contributed by atoms with E-state index in [4.69, 9.17) is 17.3 Å². The van der Waals surface area contributed by atoms with Crippen LogP contribution in [0.4, 0.5) is 5.69 Å². The van der Waals surface area contributed by atoms with Gasteiger partial charge < -0.3 is 5.73 Å². The van der Waals surface area contributed by atoms with Crippen LogP contribution in [0, 0.1) is 0 Å². The first kappa shape index (κ1) is 12.6. The molecule has 1 aromatic carbocycles. The molecule has 0 saturated carbocycles. The second kappa shape index (κ2) is 6.18. The fourth-order valence-corrected chi connectivity index (χ4v) is 1.41. The Hall–Kier alpha value is -1.48. The van der Waals surface area contributed by atoms with Crippen LogP contribution in [-0.2, 0) is 4.79 Å². The molecule has 0 heterocycles. The van der Waals surface area contributed by atoms with Crippen molar-refractivity contribution in [3.63, 3.8) is 0 Å². The van der Waals surface area contributed by atoms with Gasteiger partial charge in [0.15, 0.2) is 0 Å². The minimum absolute atomic E-state index is 0.206. The van der Waals surface area contributed by atoms with E-state index in [9.17, 15) is 4.79 Å². The monoisotopic (exact) mass is 252 g/mol. The average molecular weight is 253 g/mol. The normalized spacial score (nSPS) is 10.1. The number of nitrogens with two attached hydrogens (primary N) is 1. The van der Waals surface area contributed by atoms with E-state index in [0.29, 0.717) is 10.7 Å². The van der Waals surface area contributed by atoms with Crippen LogP contribution in [0.25, 0.3) is 6.08 Å². The van der Waals surface area contributed by atoms with Gasteiger partial charge in [0.05, 0.1) is 15.9 Å². The van der Waals surface area contributed by atoms with E-state index in [1.165, 1.54) is 0 Å². The highest BCUT2D eigenvalue weighted by molar-refractivity contribution is 7.78. The molecule has 0 atom stereocenters. The SMILES string of the molecule is NC(=O)CC=Cc1ccc(N=C=S)c(Cl)c1. The molecule has 1 amide bonds. The van der Waals surface area contributed by atoms with Gasteiger partial charge in [-0.1, -0.05) is 29.8 Å². The van der Waals surface area contributed by atoms with Crippen molar-refractivity contribution in [2.75, 3.05) is 0 Å². The molecule has 5 heteroatoms. The first-order chi connectivity index (χ1) is 7.63. The Balaban J connectivity index is 2.84. The second-order valence-electron chi connectivity index (χ2n) is 2.99. The van der Waals surface area contributed by atoms with Crippen molar-refractivity contribution < 1.29 is 4.79 Å². The number of thiocarbonyl (C=S) groups is 1. The van der Waals surface area contributed by atoms with Gasteiger partial charge in [0.1, 0.15) is 0 Å². The van der Waals surface area contributed by atoms with Crippen molar-refractivity contribution in [2.45, 2.75) is 6.42 Å². The van der Waals surface area contributed by atoms with Crippen molar-refractivity contribution in [1.82, 2.24) is 0 Å². The van der Waals surface area contributed by atoms with Crippen LogP contribution in [0.3, 0.4) is 0 Å². The number of carbonyl (C=O) groups excluding carboxylic acids is 1. The number of carbonyl (C=O) groups is 1. The summed E-state index contributed by atoms with van der Waals surface area (Å²) >= 11 is 10.4. The van der Waals surface area contributed by atoms with Crippen LogP contribution in [0.1, 0.15) is 12.0 Å². The maximum absolute atomic E-state index is 10.5. The zero-order valence-corrected chi connectivity index (χ0v) is 9.89. The van der Waals surface area contributed by atoms with Gasteiger partial charge in [-0.25, -0.2) is 0 Å². The summed E-state index contributed by atoms with van der Waals surface area (Å²) in [6.45, 7) is 0. The van der Waals surface area contributed by atoms with Crippen molar-refractivity contribution in [1.29, 1.82) is 0 Å². The van der Waals surface area contributed by atoms with Crippen LogP contribution in [0.5, 0.6) is 0 Å². The van der Waals surface area contributed by atoms with E-state index < -0.39 is 0 Å². The Kier molecular flexibility index (Phi) is 4.86. The Morgan fingerprint density at radius 1 is 1.62 bits per heavy atom. The average Bonchev–Trinajstić information content (AvgIpc) is 2.21. The standard InChI is InChI=1S/C11H9ClN2OS/c12-9-6-8(2-1-3-11(13)15)4-5-10(9)14-7-16/h1-2,4-6H,3H2,(H2,13,15). The minimum atomic E-state index is -0.371. The summed E-state index contributed by atoms with van der Waals surface area (Å²) in [5.74, 6) is -0.371. The lowest BCUT2D eigenvalue weighted by molar-refractivity contribution is -0.117. The van der Waals surface area contributed by atoms with Crippen LogP contribution < -0.4 is 5.73 Å². The summed E-state index contributed by atoms with van der Waals surface area (Å²) < 4.78 is 0. The summed E-state index contributed by atoms with van der Waals surface area (Å²) in [4.78, 5) is 14.3. The molecule has 1 rings (SSSR count). The van der Waals surface area contributed by atoms with Gasteiger partial charge in [0.25, 0.3) is 0 Å². The molecule has 0 aliphatic rings. The van der Waals surface area contributed by atoms with Crippen LogP contribution in [0.15, 0.2) is 29.3 Å². The maximum atomic E-state index is 10.5. The summed E-state index contributed by atoms with van der Waals surface area (Å²) in [5.41, 5.74) is 6.44. The van der Waals surface area contributed by atoms with Crippen molar-refractivity contribution in [3.05, 3.63) is 34.9 Å². The Bertz CT molecular complexity index is 479. The predicted octanol–water partition coefficient (Wildman–Crippen LogP) is 2.96. The highest BCUT2D eigenvalue weighted by atomic mass is 35.5. The van der Waals surface area contributed by atoms with Gasteiger partial charge in [0.2, 0.25) is 5.91 Å². The molecular weight excluding hydrogens is 244 g/mol. The van der Waals surface area contributed by atoms with Crippen molar-refractivity contribution >= 4 is 46.7 Å². The third-order valence-corrected chi connectivity index (χ3v) is 2.16. The number of rotatable bonds is 4. The second-order valence-corrected chi connectivity index (χ2v) is 3.58. The number of halogens is 1. The Morgan fingerprint density at radius 2 is 2.38 bits per heavy atom. The first-order valence-corrected chi connectivity index (χ1v) is 5.24. The van der Waals surface area contributed by atoms with E-state index in [0.717, 1.165) is 5.56 Å². The lowest BCUT2D eigenvalue weighted by Crippen LogP contribution is -2.07.